The fourth-order valence-corrected chi connectivity index (χ4v) is 3.61. The van der Waals surface area contributed by atoms with Gasteiger partial charge in [-0.05, 0) is 50.8 Å². The van der Waals surface area contributed by atoms with Crippen LogP contribution < -0.4 is 0 Å². The number of hydrogen-bond donors (Lipinski definition) is 0. The van der Waals surface area contributed by atoms with Crippen LogP contribution in [0.4, 0.5) is 0 Å². The SMILES string of the molecule is CC1(C)OB(Cc2ccc(Br)cc2)OC1(C)CC1CCC1. The molecule has 1 heterocycles. The van der Waals surface area contributed by atoms with Crippen LogP contribution in [0, 0.1) is 5.92 Å². The Hall–Kier alpha value is -0.315. The zero-order chi connectivity index (χ0) is 15.1. The summed E-state index contributed by atoms with van der Waals surface area (Å²) in [7, 11) is -0.133. The highest BCUT2D eigenvalue weighted by atomic mass is 79.9. The Morgan fingerprint density at radius 1 is 1.14 bits per heavy atom. The van der Waals surface area contributed by atoms with E-state index in [1.165, 1.54) is 24.8 Å². The maximum atomic E-state index is 6.37. The van der Waals surface area contributed by atoms with Gasteiger partial charge in [-0.1, -0.05) is 47.3 Å². The topological polar surface area (TPSA) is 18.5 Å². The molecule has 0 bridgehead atoms. The summed E-state index contributed by atoms with van der Waals surface area (Å²) in [6.07, 6.45) is 6.02. The van der Waals surface area contributed by atoms with Crippen LogP contribution in [0.15, 0.2) is 28.7 Å². The van der Waals surface area contributed by atoms with E-state index >= 15 is 0 Å². The monoisotopic (exact) mass is 350 g/mol. The highest BCUT2D eigenvalue weighted by Gasteiger charge is 2.54. The molecule has 21 heavy (non-hydrogen) atoms. The predicted octanol–water partition coefficient (Wildman–Crippen LogP) is 4.79. The van der Waals surface area contributed by atoms with Crippen molar-refractivity contribution >= 4 is 23.0 Å². The summed E-state index contributed by atoms with van der Waals surface area (Å²) in [5, 5.41) is 0. The van der Waals surface area contributed by atoms with E-state index in [1.807, 2.05) is 0 Å². The van der Waals surface area contributed by atoms with Crippen molar-refractivity contribution in [2.45, 2.75) is 64.0 Å². The molecule has 0 amide bonds. The van der Waals surface area contributed by atoms with Crippen LogP contribution >= 0.6 is 15.9 Å². The first-order valence-electron chi connectivity index (χ1n) is 7.98. The van der Waals surface area contributed by atoms with Crippen molar-refractivity contribution in [2.24, 2.45) is 5.92 Å². The lowest BCUT2D eigenvalue weighted by atomic mass is 9.73. The second-order valence-corrected chi connectivity index (χ2v) is 8.15. The van der Waals surface area contributed by atoms with Crippen molar-refractivity contribution in [3.05, 3.63) is 34.3 Å². The van der Waals surface area contributed by atoms with Gasteiger partial charge in [0.1, 0.15) is 0 Å². The van der Waals surface area contributed by atoms with Crippen LogP contribution in [0.25, 0.3) is 0 Å². The average Bonchev–Trinajstić information content (AvgIpc) is 2.58. The lowest BCUT2D eigenvalue weighted by molar-refractivity contribution is -0.0350. The molecule has 1 saturated heterocycles. The molecular weight excluding hydrogens is 327 g/mol. The molecule has 0 N–H and O–H groups in total. The molecule has 2 aliphatic rings. The smallest absolute Gasteiger partial charge is 0.403 e. The van der Waals surface area contributed by atoms with Crippen molar-refractivity contribution in [2.75, 3.05) is 0 Å². The molecular formula is C17H24BBrO2. The maximum absolute atomic E-state index is 6.37. The van der Waals surface area contributed by atoms with Crippen molar-refractivity contribution in [1.29, 1.82) is 0 Å². The fourth-order valence-electron chi connectivity index (χ4n) is 3.35. The third kappa shape index (κ3) is 3.23. The van der Waals surface area contributed by atoms with Crippen LogP contribution in [0.3, 0.4) is 0 Å². The van der Waals surface area contributed by atoms with E-state index in [0.717, 1.165) is 23.1 Å². The first-order chi connectivity index (χ1) is 9.88. The molecule has 1 aliphatic heterocycles. The van der Waals surface area contributed by atoms with Gasteiger partial charge < -0.3 is 9.31 Å². The van der Waals surface area contributed by atoms with Gasteiger partial charge in [0.15, 0.2) is 0 Å². The van der Waals surface area contributed by atoms with Gasteiger partial charge in [0.05, 0.1) is 11.2 Å². The normalized spacial score (nSPS) is 28.7. The molecule has 1 atom stereocenters. The zero-order valence-electron chi connectivity index (χ0n) is 13.2. The van der Waals surface area contributed by atoms with Crippen molar-refractivity contribution in [3.63, 3.8) is 0 Å². The van der Waals surface area contributed by atoms with Gasteiger partial charge in [-0.3, -0.25) is 0 Å². The van der Waals surface area contributed by atoms with E-state index in [-0.39, 0.29) is 18.3 Å². The minimum Gasteiger partial charge on any atom is -0.403 e. The zero-order valence-corrected chi connectivity index (χ0v) is 14.8. The first kappa shape index (κ1) is 15.6. The number of rotatable bonds is 4. The summed E-state index contributed by atoms with van der Waals surface area (Å²) in [4.78, 5) is 0. The Kier molecular flexibility index (Phi) is 4.24. The minimum absolute atomic E-state index is 0.133. The third-order valence-electron chi connectivity index (χ3n) is 5.31. The van der Waals surface area contributed by atoms with E-state index in [9.17, 15) is 0 Å². The first-order valence-corrected chi connectivity index (χ1v) is 8.77. The summed E-state index contributed by atoms with van der Waals surface area (Å²) in [5.74, 6) is 0.823. The standard InChI is InChI=1S/C17H24BBrO2/c1-16(2)17(3,11-13-5-4-6-13)21-18(20-16)12-14-7-9-15(19)10-8-14/h7-10,13H,4-6,11-12H2,1-3H3. The van der Waals surface area contributed by atoms with E-state index in [2.05, 4.69) is 61.0 Å². The average molecular weight is 351 g/mol. The van der Waals surface area contributed by atoms with E-state index in [0.29, 0.717) is 0 Å². The summed E-state index contributed by atoms with van der Waals surface area (Å²) in [6.45, 7) is 6.58. The second-order valence-electron chi connectivity index (χ2n) is 7.24. The van der Waals surface area contributed by atoms with Gasteiger partial charge in [0, 0.05) is 10.8 Å². The second kappa shape index (κ2) is 5.71. The predicted molar refractivity (Wildman–Crippen MR) is 90.2 cm³/mol. The Morgan fingerprint density at radius 3 is 2.38 bits per heavy atom. The van der Waals surface area contributed by atoms with Crippen molar-refractivity contribution in [3.8, 4) is 0 Å². The van der Waals surface area contributed by atoms with Gasteiger partial charge >= 0.3 is 7.12 Å². The van der Waals surface area contributed by atoms with Crippen molar-refractivity contribution in [1.82, 2.24) is 0 Å². The molecule has 0 radical (unpaired) electrons. The Balaban J connectivity index is 1.67. The molecule has 1 unspecified atom stereocenters. The molecule has 1 aliphatic carbocycles. The fraction of sp³-hybridized carbons (Fsp3) is 0.647. The largest absolute Gasteiger partial charge is 0.462 e. The molecule has 1 saturated carbocycles. The lowest BCUT2D eigenvalue weighted by Gasteiger charge is -2.41. The molecule has 114 valence electrons. The van der Waals surface area contributed by atoms with Crippen LogP contribution in [-0.2, 0) is 15.6 Å². The van der Waals surface area contributed by atoms with Gasteiger partial charge in [-0.25, -0.2) is 0 Å². The number of halogens is 1. The molecule has 3 rings (SSSR count). The maximum Gasteiger partial charge on any atom is 0.462 e. The van der Waals surface area contributed by atoms with Crippen LogP contribution in [0.1, 0.15) is 52.0 Å². The van der Waals surface area contributed by atoms with Gasteiger partial charge in [0.25, 0.3) is 0 Å². The van der Waals surface area contributed by atoms with Crippen molar-refractivity contribution < 1.29 is 9.31 Å². The minimum atomic E-state index is -0.220. The summed E-state index contributed by atoms with van der Waals surface area (Å²) >= 11 is 3.47. The van der Waals surface area contributed by atoms with Crippen LogP contribution in [0.2, 0.25) is 0 Å². The van der Waals surface area contributed by atoms with Crippen LogP contribution in [-0.4, -0.2) is 18.3 Å². The van der Waals surface area contributed by atoms with E-state index in [1.54, 1.807) is 0 Å². The highest BCUT2D eigenvalue weighted by molar-refractivity contribution is 9.10. The van der Waals surface area contributed by atoms with Gasteiger partial charge in [-0.15, -0.1) is 0 Å². The molecule has 2 nitrogen and oxygen atoms in total. The summed E-state index contributed by atoms with van der Waals surface area (Å²) in [5.41, 5.74) is 0.868. The molecule has 2 fully saturated rings. The summed E-state index contributed by atoms with van der Waals surface area (Å²) < 4.78 is 13.7. The molecule has 0 aromatic heterocycles. The Labute approximate surface area is 136 Å². The highest BCUT2D eigenvalue weighted by Crippen LogP contribution is 2.45. The molecule has 1 aromatic rings. The molecule has 4 heteroatoms. The van der Waals surface area contributed by atoms with E-state index in [4.69, 9.17) is 9.31 Å². The van der Waals surface area contributed by atoms with E-state index < -0.39 is 0 Å². The number of benzene rings is 1. The Bertz CT molecular complexity index is 498. The summed E-state index contributed by atoms with van der Waals surface area (Å²) in [6, 6.07) is 8.41. The quantitative estimate of drug-likeness (QED) is 0.726. The Morgan fingerprint density at radius 2 is 1.81 bits per heavy atom. The lowest BCUT2D eigenvalue weighted by Crippen LogP contribution is -2.46. The van der Waals surface area contributed by atoms with Crippen LogP contribution in [0.5, 0.6) is 0 Å². The van der Waals surface area contributed by atoms with Gasteiger partial charge in [0.2, 0.25) is 0 Å². The van der Waals surface area contributed by atoms with Gasteiger partial charge in [-0.2, -0.15) is 0 Å². The molecule has 1 aromatic carbocycles. The number of hydrogen-bond acceptors (Lipinski definition) is 2. The third-order valence-corrected chi connectivity index (χ3v) is 5.84. The molecule has 0 spiro atoms.